The summed E-state index contributed by atoms with van der Waals surface area (Å²) in [5.41, 5.74) is 1.85. The Labute approximate surface area is 140 Å². The Morgan fingerprint density at radius 2 is 1.46 bits per heavy atom. The van der Waals surface area contributed by atoms with Gasteiger partial charge in [-0.05, 0) is 17.7 Å². The van der Waals surface area contributed by atoms with E-state index < -0.39 is 5.91 Å². The maximum absolute atomic E-state index is 12.7. The Morgan fingerprint density at radius 3 is 2.08 bits per heavy atom. The molecule has 1 aliphatic carbocycles. The number of carbonyl (C=O) groups is 3. The van der Waals surface area contributed by atoms with Gasteiger partial charge in [-0.2, -0.15) is 0 Å². The number of carbonyl (C=O) groups excluding carboxylic acids is 3. The lowest BCUT2D eigenvalue weighted by molar-refractivity contribution is -0.116. The molecule has 0 fully saturated rings. The second kappa shape index (κ2) is 6.24. The zero-order chi connectivity index (χ0) is 17.3. The molecule has 0 bridgehead atoms. The van der Waals surface area contributed by atoms with Gasteiger partial charge in [0.05, 0.1) is 5.57 Å². The van der Waals surface area contributed by atoms with Crippen LogP contribution in [0.3, 0.4) is 0 Å². The fraction of sp³-hybridized carbons (Fsp3) is 0.150. The summed E-state index contributed by atoms with van der Waals surface area (Å²) < 4.78 is 0. The summed E-state index contributed by atoms with van der Waals surface area (Å²) >= 11 is 0. The van der Waals surface area contributed by atoms with E-state index in [0.29, 0.717) is 22.3 Å². The lowest BCUT2D eigenvalue weighted by atomic mass is 9.95. The van der Waals surface area contributed by atoms with Crippen molar-refractivity contribution in [1.82, 2.24) is 5.32 Å². The van der Waals surface area contributed by atoms with Gasteiger partial charge in [-0.1, -0.05) is 56.3 Å². The van der Waals surface area contributed by atoms with Crippen molar-refractivity contribution in [1.29, 1.82) is 0 Å². The molecule has 4 heteroatoms. The molecule has 0 unspecified atom stereocenters. The molecular weight excluding hydrogens is 302 g/mol. The van der Waals surface area contributed by atoms with Gasteiger partial charge in [0.2, 0.25) is 5.78 Å². The van der Waals surface area contributed by atoms with Crippen molar-refractivity contribution in [3.05, 3.63) is 77.0 Å². The third-order valence-electron chi connectivity index (χ3n) is 3.96. The van der Waals surface area contributed by atoms with Crippen LogP contribution in [-0.2, 0) is 4.79 Å². The largest absolute Gasteiger partial charge is 0.318 e. The second-order valence-corrected chi connectivity index (χ2v) is 5.96. The van der Waals surface area contributed by atoms with E-state index in [1.807, 2.05) is 0 Å². The highest BCUT2D eigenvalue weighted by Gasteiger charge is 2.34. The highest BCUT2D eigenvalue weighted by molar-refractivity contribution is 6.36. The van der Waals surface area contributed by atoms with Crippen molar-refractivity contribution < 1.29 is 14.4 Å². The van der Waals surface area contributed by atoms with E-state index in [2.05, 4.69) is 5.32 Å². The van der Waals surface area contributed by atoms with E-state index in [1.165, 1.54) is 0 Å². The lowest BCUT2D eigenvalue weighted by Gasteiger charge is -2.10. The van der Waals surface area contributed by atoms with Gasteiger partial charge < -0.3 is 5.32 Å². The van der Waals surface area contributed by atoms with Crippen LogP contribution in [0.25, 0.3) is 5.57 Å². The first-order valence-corrected chi connectivity index (χ1v) is 7.79. The molecule has 1 amide bonds. The van der Waals surface area contributed by atoms with Crippen LogP contribution in [0.1, 0.15) is 40.1 Å². The fourth-order valence-corrected chi connectivity index (χ4v) is 2.72. The molecule has 24 heavy (non-hydrogen) atoms. The molecule has 0 saturated carbocycles. The Morgan fingerprint density at radius 1 is 0.875 bits per heavy atom. The first-order valence-electron chi connectivity index (χ1n) is 7.79. The van der Waals surface area contributed by atoms with Crippen molar-refractivity contribution in [2.24, 2.45) is 5.92 Å². The minimum absolute atomic E-state index is 0.0729. The van der Waals surface area contributed by atoms with Crippen molar-refractivity contribution in [3.8, 4) is 0 Å². The standard InChI is InChI=1S/C20H17NO3/c1-12(2)18(22)16-14-10-6-7-11-15(14)19(23)17(16)21-20(24)13-8-4-3-5-9-13/h3-12H,1-2H3,(H,21,23,24). The second-order valence-electron chi connectivity index (χ2n) is 5.96. The molecule has 120 valence electrons. The third kappa shape index (κ3) is 2.67. The minimum Gasteiger partial charge on any atom is -0.318 e. The lowest BCUT2D eigenvalue weighted by Crippen LogP contribution is -2.27. The molecule has 1 aliphatic rings. The molecule has 4 nitrogen and oxygen atoms in total. The Balaban J connectivity index is 2.06. The number of nitrogens with one attached hydrogen (secondary N) is 1. The first-order chi connectivity index (χ1) is 11.5. The molecule has 1 N–H and O–H groups in total. The SMILES string of the molecule is CC(C)C(=O)C1=C(NC(=O)c2ccccc2)C(=O)c2ccccc21. The normalized spacial score (nSPS) is 13.2. The summed E-state index contributed by atoms with van der Waals surface area (Å²) in [6, 6.07) is 15.6. The summed E-state index contributed by atoms with van der Waals surface area (Å²) in [6.45, 7) is 3.55. The maximum Gasteiger partial charge on any atom is 0.255 e. The summed E-state index contributed by atoms with van der Waals surface area (Å²) in [5.74, 6) is -1.15. The topological polar surface area (TPSA) is 63.2 Å². The summed E-state index contributed by atoms with van der Waals surface area (Å²) in [6.07, 6.45) is 0. The molecule has 0 heterocycles. The number of amides is 1. The average molecular weight is 319 g/mol. The number of rotatable bonds is 4. The third-order valence-corrected chi connectivity index (χ3v) is 3.96. The van der Waals surface area contributed by atoms with E-state index in [-0.39, 0.29) is 23.2 Å². The number of hydrogen-bond donors (Lipinski definition) is 1. The number of allylic oxidation sites excluding steroid dienone is 2. The van der Waals surface area contributed by atoms with Crippen LogP contribution in [0.4, 0.5) is 0 Å². The highest BCUT2D eigenvalue weighted by Crippen LogP contribution is 2.33. The summed E-state index contributed by atoms with van der Waals surface area (Å²) in [7, 11) is 0. The molecule has 3 rings (SSSR count). The number of hydrogen-bond acceptors (Lipinski definition) is 3. The fourth-order valence-electron chi connectivity index (χ4n) is 2.72. The van der Waals surface area contributed by atoms with Crippen molar-refractivity contribution >= 4 is 23.0 Å². The predicted molar refractivity (Wildman–Crippen MR) is 91.4 cm³/mol. The van der Waals surface area contributed by atoms with Crippen LogP contribution in [0.5, 0.6) is 0 Å². The van der Waals surface area contributed by atoms with Crippen molar-refractivity contribution in [3.63, 3.8) is 0 Å². The van der Waals surface area contributed by atoms with Crippen LogP contribution < -0.4 is 5.32 Å². The number of benzene rings is 2. The molecule has 2 aromatic rings. The van der Waals surface area contributed by atoms with Crippen molar-refractivity contribution in [2.45, 2.75) is 13.8 Å². The van der Waals surface area contributed by atoms with Crippen LogP contribution in [0.2, 0.25) is 0 Å². The van der Waals surface area contributed by atoms with Gasteiger partial charge >= 0.3 is 0 Å². The zero-order valence-corrected chi connectivity index (χ0v) is 13.5. The van der Waals surface area contributed by atoms with Gasteiger partial charge in [-0.3, -0.25) is 14.4 Å². The monoisotopic (exact) mass is 319 g/mol. The van der Waals surface area contributed by atoms with Gasteiger partial charge in [0.15, 0.2) is 5.78 Å². The first kappa shape index (κ1) is 15.9. The number of Topliss-reactive ketones (excluding diaryl/α,β-unsaturated/α-hetero) is 2. The van der Waals surface area contributed by atoms with Gasteiger partial charge in [-0.25, -0.2) is 0 Å². The van der Waals surface area contributed by atoms with Gasteiger partial charge in [0, 0.05) is 17.0 Å². The van der Waals surface area contributed by atoms with E-state index >= 15 is 0 Å². The molecular formula is C20H17NO3. The molecule has 0 aromatic heterocycles. The van der Waals surface area contributed by atoms with E-state index in [4.69, 9.17) is 0 Å². The Kier molecular flexibility index (Phi) is 4.13. The molecule has 0 atom stereocenters. The van der Waals surface area contributed by atoms with E-state index in [9.17, 15) is 14.4 Å². The number of ketones is 2. The Hall–Kier alpha value is -3.01. The van der Waals surface area contributed by atoms with E-state index in [0.717, 1.165) is 0 Å². The smallest absolute Gasteiger partial charge is 0.255 e. The van der Waals surface area contributed by atoms with Gasteiger partial charge in [0.1, 0.15) is 5.70 Å². The summed E-state index contributed by atoms with van der Waals surface area (Å²) in [5, 5.41) is 2.65. The molecule has 2 aromatic carbocycles. The maximum atomic E-state index is 12.7. The number of fused-ring (bicyclic) bond motifs is 1. The van der Waals surface area contributed by atoms with Gasteiger partial charge in [-0.15, -0.1) is 0 Å². The molecule has 0 aliphatic heterocycles. The van der Waals surface area contributed by atoms with Crippen LogP contribution in [-0.4, -0.2) is 17.5 Å². The highest BCUT2D eigenvalue weighted by atomic mass is 16.2. The average Bonchev–Trinajstić information content (AvgIpc) is 2.87. The molecule has 0 saturated heterocycles. The van der Waals surface area contributed by atoms with Gasteiger partial charge in [0.25, 0.3) is 5.91 Å². The van der Waals surface area contributed by atoms with Crippen LogP contribution in [0, 0.1) is 5.92 Å². The Bertz CT molecular complexity index is 863. The molecule has 0 spiro atoms. The molecule has 0 radical (unpaired) electrons. The van der Waals surface area contributed by atoms with Crippen LogP contribution in [0.15, 0.2) is 60.3 Å². The zero-order valence-electron chi connectivity index (χ0n) is 13.5. The van der Waals surface area contributed by atoms with Crippen molar-refractivity contribution in [2.75, 3.05) is 0 Å². The predicted octanol–water partition coefficient (Wildman–Crippen LogP) is 3.25. The summed E-state index contributed by atoms with van der Waals surface area (Å²) in [4.78, 5) is 37.7. The van der Waals surface area contributed by atoms with Crippen LogP contribution >= 0.6 is 0 Å². The quantitative estimate of drug-likeness (QED) is 0.941. The minimum atomic E-state index is -0.402. The van der Waals surface area contributed by atoms with E-state index in [1.54, 1.807) is 68.4 Å².